The van der Waals surface area contributed by atoms with Gasteiger partial charge in [0.15, 0.2) is 12.3 Å². The van der Waals surface area contributed by atoms with Gasteiger partial charge in [0.2, 0.25) is 5.89 Å². The number of hydrogen-bond acceptors (Lipinski definition) is 6. The van der Waals surface area contributed by atoms with E-state index in [-0.39, 0.29) is 36.0 Å². The smallest absolute Gasteiger partial charge is 0.273 e. The minimum absolute atomic E-state index is 0.0351. The van der Waals surface area contributed by atoms with E-state index in [9.17, 15) is 9.18 Å². The second-order valence-corrected chi connectivity index (χ2v) is 5.36. The molecule has 8 nitrogen and oxygen atoms in total. The van der Waals surface area contributed by atoms with Crippen LogP contribution in [0.2, 0.25) is 0 Å². The largest absolute Gasteiger partial charge is 0.484 e. The summed E-state index contributed by atoms with van der Waals surface area (Å²) in [5, 5.41) is 6.77. The highest BCUT2D eigenvalue weighted by Crippen LogP contribution is 2.13. The molecule has 9 heteroatoms. The second-order valence-electron chi connectivity index (χ2n) is 5.36. The Morgan fingerprint density at radius 2 is 2.20 bits per heavy atom. The number of aromatic nitrogens is 4. The Labute approximate surface area is 142 Å². The van der Waals surface area contributed by atoms with Crippen molar-refractivity contribution in [3.8, 4) is 5.75 Å². The van der Waals surface area contributed by atoms with E-state index >= 15 is 0 Å². The second kappa shape index (κ2) is 7.56. The van der Waals surface area contributed by atoms with Crippen molar-refractivity contribution in [3.63, 3.8) is 0 Å². The summed E-state index contributed by atoms with van der Waals surface area (Å²) >= 11 is 0. The molecule has 1 N–H and O–H groups in total. The molecule has 1 amide bonds. The number of nitrogens with one attached hydrogen (secondary N) is 1. The summed E-state index contributed by atoms with van der Waals surface area (Å²) in [7, 11) is 0. The molecule has 0 spiro atoms. The van der Waals surface area contributed by atoms with Gasteiger partial charge in [-0.05, 0) is 31.2 Å². The summed E-state index contributed by atoms with van der Waals surface area (Å²) in [6.45, 7) is 2.37. The minimum Gasteiger partial charge on any atom is -0.484 e. The molecule has 0 fully saturated rings. The fourth-order valence-electron chi connectivity index (χ4n) is 2.11. The van der Waals surface area contributed by atoms with Crippen molar-refractivity contribution >= 4 is 5.91 Å². The maximum atomic E-state index is 12.8. The molecule has 0 aliphatic heterocycles. The summed E-state index contributed by atoms with van der Waals surface area (Å²) in [6.07, 6.45) is 4.27. The molecule has 1 atom stereocenters. The van der Waals surface area contributed by atoms with Gasteiger partial charge < -0.3 is 14.5 Å². The van der Waals surface area contributed by atoms with Gasteiger partial charge in [0, 0.05) is 6.04 Å². The first-order chi connectivity index (χ1) is 12.1. The quantitative estimate of drug-likeness (QED) is 0.702. The van der Waals surface area contributed by atoms with Gasteiger partial charge in [-0.3, -0.25) is 9.48 Å². The molecule has 0 saturated carbocycles. The molecule has 1 aromatic carbocycles. The van der Waals surface area contributed by atoms with Crippen LogP contribution in [0.15, 0.2) is 47.6 Å². The molecule has 0 aliphatic rings. The average Bonchev–Trinajstić information content (AvgIpc) is 3.26. The molecular weight excluding hydrogens is 329 g/mol. The molecule has 3 aromatic rings. The molecule has 25 heavy (non-hydrogen) atoms. The fourth-order valence-corrected chi connectivity index (χ4v) is 2.11. The number of amides is 1. The number of halogens is 1. The summed E-state index contributed by atoms with van der Waals surface area (Å²) < 4.78 is 25.1. The third kappa shape index (κ3) is 4.63. The van der Waals surface area contributed by atoms with E-state index in [2.05, 4.69) is 20.4 Å². The number of carbonyl (C=O) groups excluding carboxylic acids is 1. The lowest BCUT2D eigenvalue weighted by Gasteiger charge is -2.12. The number of oxazole rings is 1. The molecule has 2 heterocycles. The van der Waals surface area contributed by atoms with Crippen LogP contribution >= 0.6 is 0 Å². The third-order valence-corrected chi connectivity index (χ3v) is 3.27. The van der Waals surface area contributed by atoms with Gasteiger partial charge >= 0.3 is 0 Å². The standard InChI is InChI=1S/C16H16FN5O3/c1-11(6-22-10-18-9-19-22)20-16(23)14-7-25-15(21-14)8-24-13-4-2-12(17)3-5-13/h2-5,7,9-11H,6,8H2,1H3,(H,20,23)/t11-/m1/s1. The maximum Gasteiger partial charge on any atom is 0.273 e. The van der Waals surface area contributed by atoms with E-state index in [4.69, 9.17) is 9.15 Å². The zero-order valence-electron chi connectivity index (χ0n) is 13.4. The lowest BCUT2D eigenvalue weighted by molar-refractivity contribution is 0.0931. The van der Waals surface area contributed by atoms with Crippen LogP contribution in [0.4, 0.5) is 4.39 Å². The summed E-state index contributed by atoms with van der Waals surface area (Å²) in [4.78, 5) is 20.1. The number of benzene rings is 1. The van der Waals surface area contributed by atoms with Crippen LogP contribution in [-0.4, -0.2) is 31.7 Å². The number of hydrogen-bond donors (Lipinski definition) is 1. The van der Waals surface area contributed by atoms with E-state index in [1.165, 1.54) is 36.9 Å². The normalized spacial score (nSPS) is 11.9. The Hall–Kier alpha value is -3.23. The molecule has 0 bridgehead atoms. The highest BCUT2D eigenvalue weighted by atomic mass is 19.1. The van der Waals surface area contributed by atoms with Crippen molar-refractivity contribution in [2.24, 2.45) is 0 Å². The topological polar surface area (TPSA) is 95.1 Å². The number of ether oxygens (including phenoxy) is 1. The van der Waals surface area contributed by atoms with Gasteiger partial charge in [0.25, 0.3) is 5.91 Å². The van der Waals surface area contributed by atoms with E-state index in [1.54, 1.807) is 11.0 Å². The SMILES string of the molecule is C[C@H](Cn1cncn1)NC(=O)c1coc(COc2ccc(F)cc2)n1. The van der Waals surface area contributed by atoms with E-state index in [0.29, 0.717) is 12.3 Å². The van der Waals surface area contributed by atoms with Gasteiger partial charge in [-0.15, -0.1) is 0 Å². The summed E-state index contributed by atoms with van der Waals surface area (Å²) in [5.41, 5.74) is 0.156. The molecule has 0 unspecified atom stereocenters. The summed E-state index contributed by atoms with van der Waals surface area (Å²) in [6, 6.07) is 5.42. The number of rotatable bonds is 7. The first-order valence-corrected chi connectivity index (χ1v) is 7.56. The van der Waals surface area contributed by atoms with Crippen LogP contribution in [0.5, 0.6) is 5.75 Å². The van der Waals surface area contributed by atoms with Crippen LogP contribution in [0, 0.1) is 5.82 Å². The number of nitrogens with zero attached hydrogens (tertiary/aromatic N) is 4. The van der Waals surface area contributed by atoms with Gasteiger partial charge in [0.05, 0.1) is 6.54 Å². The minimum atomic E-state index is -0.357. The van der Waals surface area contributed by atoms with Crippen LogP contribution in [0.25, 0.3) is 0 Å². The fraction of sp³-hybridized carbons (Fsp3) is 0.250. The predicted molar refractivity (Wildman–Crippen MR) is 84.2 cm³/mol. The highest BCUT2D eigenvalue weighted by Gasteiger charge is 2.15. The molecule has 0 saturated heterocycles. The van der Waals surface area contributed by atoms with Crippen LogP contribution < -0.4 is 10.1 Å². The van der Waals surface area contributed by atoms with Crippen LogP contribution in [-0.2, 0) is 13.2 Å². The highest BCUT2D eigenvalue weighted by molar-refractivity contribution is 5.92. The lowest BCUT2D eigenvalue weighted by atomic mass is 10.3. The molecule has 130 valence electrons. The van der Waals surface area contributed by atoms with E-state index < -0.39 is 0 Å². The van der Waals surface area contributed by atoms with Crippen molar-refractivity contribution in [1.82, 2.24) is 25.1 Å². The first kappa shape index (κ1) is 16.6. The monoisotopic (exact) mass is 345 g/mol. The Morgan fingerprint density at radius 1 is 1.40 bits per heavy atom. The van der Waals surface area contributed by atoms with Crippen molar-refractivity contribution in [2.75, 3.05) is 0 Å². The molecule has 2 aromatic heterocycles. The van der Waals surface area contributed by atoms with Crippen LogP contribution in [0.3, 0.4) is 0 Å². The Kier molecular flexibility index (Phi) is 5.03. The summed E-state index contributed by atoms with van der Waals surface area (Å²) in [5.74, 6) is 0.0253. The molecular formula is C16H16FN5O3. The number of carbonyl (C=O) groups is 1. The molecule has 0 radical (unpaired) electrons. The maximum absolute atomic E-state index is 12.8. The molecule has 3 rings (SSSR count). The Balaban J connectivity index is 1.51. The van der Waals surface area contributed by atoms with Crippen molar-refractivity contribution in [1.29, 1.82) is 0 Å². The van der Waals surface area contributed by atoms with Crippen molar-refractivity contribution in [3.05, 3.63) is 60.6 Å². The zero-order valence-corrected chi connectivity index (χ0v) is 13.4. The third-order valence-electron chi connectivity index (χ3n) is 3.27. The van der Waals surface area contributed by atoms with E-state index in [1.807, 2.05) is 6.92 Å². The van der Waals surface area contributed by atoms with Crippen molar-refractivity contribution in [2.45, 2.75) is 26.1 Å². The Bertz CT molecular complexity index is 817. The van der Waals surface area contributed by atoms with Gasteiger partial charge in [-0.1, -0.05) is 0 Å². The van der Waals surface area contributed by atoms with Gasteiger partial charge in [-0.25, -0.2) is 14.4 Å². The van der Waals surface area contributed by atoms with E-state index in [0.717, 1.165) is 0 Å². The Morgan fingerprint density at radius 3 is 2.92 bits per heavy atom. The first-order valence-electron chi connectivity index (χ1n) is 7.56. The van der Waals surface area contributed by atoms with Gasteiger partial charge in [0.1, 0.15) is 30.5 Å². The average molecular weight is 345 g/mol. The lowest BCUT2D eigenvalue weighted by Crippen LogP contribution is -2.36. The van der Waals surface area contributed by atoms with Crippen LogP contribution in [0.1, 0.15) is 23.3 Å². The van der Waals surface area contributed by atoms with Gasteiger partial charge in [-0.2, -0.15) is 5.10 Å². The van der Waals surface area contributed by atoms with Crippen molar-refractivity contribution < 1.29 is 18.3 Å². The molecule has 0 aliphatic carbocycles. The zero-order chi connectivity index (χ0) is 17.6. The predicted octanol–water partition coefficient (Wildman–Crippen LogP) is 1.80.